The summed E-state index contributed by atoms with van der Waals surface area (Å²) < 4.78 is 7.44. The van der Waals surface area contributed by atoms with Crippen LogP contribution in [0.4, 0.5) is 0 Å². The molecule has 4 N–H and O–H groups in total. The molecule has 0 aliphatic heterocycles. The van der Waals surface area contributed by atoms with E-state index in [0.717, 1.165) is 18.4 Å². The van der Waals surface area contributed by atoms with Gasteiger partial charge in [0.2, 0.25) is 11.8 Å². The van der Waals surface area contributed by atoms with E-state index >= 15 is 0 Å². The van der Waals surface area contributed by atoms with Gasteiger partial charge in [0, 0.05) is 19.5 Å². The first-order chi connectivity index (χ1) is 15.3. The highest BCUT2D eigenvalue weighted by molar-refractivity contribution is 5.85. The summed E-state index contributed by atoms with van der Waals surface area (Å²) in [6, 6.07) is 9.16. The van der Waals surface area contributed by atoms with E-state index in [9.17, 15) is 9.59 Å². The third kappa shape index (κ3) is 8.72. The smallest absolute Gasteiger partial charge is 0.240 e. The van der Waals surface area contributed by atoms with Crippen LogP contribution in [0.15, 0.2) is 30.3 Å². The van der Waals surface area contributed by atoms with Gasteiger partial charge in [0.25, 0.3) is 0 Å². The number of amides is 2. The van der Waals surface area contributed by atoms with E-state index in [1.165, 1.54) is 0 Å². The van der Waals surface area contributed by atoms with Gasteiger partial charge in [-0.15, -0.1) is 5.10 Å². The molecular weight excluding hydrogens is 410 g/mol. The van der Waals surface area contributed by atoms with Crippen LogP contribution in [0.1, 0.15) is 63.9 Å². The topological polar surface area (TPSA) is 137 Å². The molecule has 1 atom stereocenters. The molecule has 0 bridgehead atoms. The maximum Gasteiger partial charge on any atom is 0.240 e. The van der Waals surface area contributed by atoms with Crippen LogP contribution in [0, 0.1) is 0 Å². The molecule has 0 radical (unpaired) electrons. The van der Waals surface area contributed by atoms with Crippen LogP contribution in [-0.2, 0) is 27.5 Å². The third-order valence-electron chi connectivity index (χ3n) is 4.78. The standard InChI is InChI=1S/C22H35N7O3/c1-4-5-13-24-19(30)12-9-14-29-20(26-27-28-29)18(25-21(31)22(2,3)23)16-32-15-17-10-7-6-8-11-17/h6-8,10-11,18H,4-5,9,12-16,23H2,1-3H3,(H,24,30)(H,25,31)/t18-/m1/s1. The second-order valence-electron chi connectivity index (χ2n) is 8.32. The lowest BCUT2D eigenvalue weighted by atomic mass is 10.1. The Kier molecular flexibility index (Phi) is 10.2. The van der Waals surface area contributed by atoms with Crippen LogP contribution in [-0.4, -0.2) is 50.7 Å². The van der Waals surface area contributed by atoms with Gasteiger partial charge in [0.05, 0.1) is 18.8 Å². The zero-order valence-electron chi connectivity index (χ0n) is 19.2. The van der Waals surface area contributed by atoms with Crippen molar-refractivity contribution >= 4 is 11.8 Å². The number of ether oxygens (including phenoxy) is 1. The SMILES string of the molecule is CCCCNC(=O)CCCn1nnnc1[C@@H](COCc1ccccc1)NC(=O)C(C)(C)N. The Hall–Kier alpha value is -2.85. The number of nitrogens with zero attached hydrogens (tertiary/aromatic N) is 4. The molecule has 10 nitrogen and oxygen atoms in total. The molecule has 0 saturated carbocycles. The normalized spacial score (nSPS) is 12.4. The maximum atomic E-state index is 12.5. The summed E-state index contributed by atoms with van der Waals surface area (Å²) in [5.41, 5.74) is 5.90. The quantitative estimate of drug-likeness (QED) is 0.375. The van der Waals surface area contributed by atoms with Crippen LogP contribution >= 0.6 is 0 Å². The van der Waals surface area contributed by atoms with Crippen LogP contribution in [0.3, 0.4) is 0 Å². The first-order valence-corrected chi connectivity index (χ1v) is 11.1. The Morgan fingerprint density at radius 2 is 1.97 bits per heavy atom. The predicted octanol–water partition coefficient (Wildman–Crippen LogP) is 1.48. The molecule has 2 rings (SSSR count). The van der Waals surface area contributed by atoms with E-state index in [-0.39, 0.29) is 18.4 Å². The number of rotatable bonds is 14. The highest BCUT2D eigenvalue weighted by Crippen LogP contribution is 2.14. The fraction of sp³-hybridized carbons (Fsp3) is 0.591. The largest absolute Gasteiger partial charge is 0.374 e. The highest BCUT2D eigenvalue weighted by Gasteiger charge is 2.28. The second kappa shape index (κ2) is 12.9. The number of hydrogen-bond donors (Lipinski definition) is 3. The minimum atomic E-state index is -1.06. The number of aryl methyl sites for hydroxylation is 1. The summed E-state index contributed by atoms with van der Waals surface area (Å²) in [4.78, 5) is 24.5. The van der Waals surface area contributed by atoms with Gasteiger partial charge in [-0.2, -0.15) is 0 Å². The molecule has 0 aliphatic rings. The molecule has 2 aromatic rings. The van der Waals surface area contributed by atoms with Gasteiger partial charge >= 0.3 is 0 Å². The molecule has 2 amide bonds. The van der Waals surface area contributed by atoms with Gasteiger partial charge in [0.1, 0.15) is 6.04 Å². The van der Waals surface area contributed by atoms with Crippen molar-refractivity contribution < 1.29 is 14.3 Å². The van der Waals surface area contributed by atoms with E-state index in [4.69, 9.17) is 10.5 Å². The summed E-state index contributed by atoms with van der Waals surface area (Å²) in [6.07, 6.45) is 2.95. The van der Waals surface area contributed by atoms with Crippen LogP contribution in [0.2, 0.25) is 0 Å². The zero-order valence-corrected chi connectivity index (χ0v) is 19.2. The van der Waals surface area contributed by atoms with Gasteiger partial charge < -0.3 is 21.1 Å². The molecular formula is C22H35N7O3. The van der Waals surface area contributed by atoms with Gasteiger partial charge in [-0.05, 0) is 42.7 Å². The Labute approximate surface area is 189 Å². The third-order valence-corrected chi connectivity index (χ3v) is 4.78. The van der Waals surface area contributed by atoms with Crippen molar-refractivity contribution in [2.45, 2.75) is 71.2 Å². The minimum Gasteiger partial charge on any atom is -0.374 e. The van der Waals surface area contributed by atoms with Gasteiger partial charge in [-0.25, -0.2) is 4.68 Å². The molecule has 0 aliphatic carbocycles. The minimum absolute atomic E-state index is 0.00834. The number of benzene rings is 1. The molecule has 1 aromatic carbocycles. The van der Waals surface area contributed by atoms with Crippen molar-refractivity contribution in [3.05, 3.63) is 41.7 Å². The fourth-order valence-corrected chi connectivity index (χ4v) is 2.90. The number of hydrogen-bond acceptors (Lipinski definition) is 7. The van der Waals surface area contributed by atoms with E-state index < -0.39 is 11.6 Å². The first kappa shape index (κ1) is 25.4. The average Bonchev–Trinajstić information content (AvgIpc) is 3.21. The molecule has 0 saturated heterocycles. The molecule has 0 unspecified atom stereocenters. The molecule has 176 valence electrons. The fourth-order valence-electron chi connectivity index (χ4n) is 2.90. The van der Waals surface area contributed by atoms with Crippen LogP contribution in [0.5, 0.6) is 0 Å². The number of aromatic nitrogens is 4. The summed E-state index contributed by atoms with van der Waals surface area (Å²) in [6.45, 7) is 7.03. The van der Waals surface area contributed by atoms with E-state index in [0.29, 0.717) is 38.4 Å². The summed E-state index contributed by atoms with van der Waals surface area (Å²) in [5, 5.41) is 17.7. The molecule has 32 heavy (non-hydrogen) atoms. The van der Waals surface area contributed by atoms with Gasteiger partial charge in [-0.3, -0.25) is 9.59 Å². The first-order valence-electron chi connectivity index (χ1n) is 11.1. The average molecular weight is 446 g/mol. The molecule has 0 fully saturated rings. The maximum absolute atomic E-state index is 12.5. The molecule has 0 spiro atoms. The van der Waals surface area contributed by atoms with E-state index in [1.54, 1.807) is 18.5 Å². The lowest BCUT2D eigenvalue weighted by Crippen LogP contribution is -2.51. The highest BCUT2D eigenvalue weighted by atomic mass is 16.5. The number of unbranched alkanes of at least 4 members (excludes halogenated alkanes) is 1. The predicted molar refractivity (Wildman–Crippen MR) is 120 cm³/mol. The van der Waals surface area contributed by atoms with E-state index in [1.807, 2.05) is 30.3 Å². The monoisotopic (exact) mass is 445 g/mol. The van der Waals surface area contributed by atoms with Gasteiger partial charge in [0.15, 0.2) is 5.82 Å². The summed E-state index contributed by atoms with van der Waals surface area (Å²) in [5.74, 6) is 0.131. The van der Waals surface area contributed by atoms with Crippen molar-refractivity contribution in [3.63, 3.8) is 0 Å². The number of carbonyl (C=O) groups is 2. The van der Waals surface area contributed by atoms with Crippen molar-refractivity contribution in [2.75, 3.05) is 13.2 Å². The van der Waals surface area contributed by atoms with Crippen molar-refractivity contribution in [1.29, 1.82) is 0 Å². The number of carbonyl (C=O) groups excluding carboxylic acids is 2. The van der Waals surface area contributed by atoms with E-state index in [2.05, 4.69) is 33.1 Å². The number of nitrogens with two attached hydrogens (primary N) is 1. The second-order valence-corrected chi connectivity index (χ2v) is 8.32. The van der Waals surface area contributed by atoms with Crippen molar-refractivity contribution in [2.24, 2.45) is 5.73 Å². The van der Waals surface area contributed by atoms with Crippen molar-refractivity contribution in [1.82, 2.24) is 30.8 Å². The number of nitrogens with one attached hydrogen (secondary N) is 2. The van der Waals surface area contributed by atoms with Crippen LogP contribution in [0.25, 0.3) is 0 Å². The summed E-state index contributed by atoms with van der Waals surface area (Å²) >= 11 is 0. The lowest BCUT2D eigenvalue weighted by molar-refractivity contribution is -0.126. The Bertz CT molecular complexity index is 834. The molecule has 1 aromatic heterocycles. The molecule has 10 heteroatoms. The summed E-state index contributed by atoms with van der Waals surface area (Å²) in [7, 11) is 0. The number of tetrazole rings is 1. The lowest BCUT2D eigenvalue weighted by Gasteiger charge is -2.23. The van der Waals surface area contributed by atoms with Crippen molar-refractivity contribution in [3.8, 4) is 0 Å². The zero-order chi connectivity index (χ0) is 23.4. The molecule has 1 heterocycles. The Morgan fingerprint density at radius 3 is 2.66 bits per heavy atom. The Balaban J connectivity index is 1.99. The van der Waals surface area contributed by atoms with Gasteiger partial charge in [-0.1, -0.05) is 43.7 Å². The van der Waals surface area contributed by atoms with Crippen LogP contribution < -0.4 is 16.4 Å². The Morgan fingerprint density at radius 1 is 1.22 bits per heavy atom.